The molecule has 0 unspecified atom stereocenters. The van der Waals surface area contributed by atoms with Crippen LogP contribution in [0, 0.1) is 0 Å². The minimum atomic E-state index is -3.78. The lowest BCUT2D eigenvalue weighted by atomic mass is 10.0. The Kier molecular flexibility index (Phi) is 6.91. The first-order chi connectivity index (χ1) is 15.9. The van der Waals surface area contributed by atoms with Crippen molar-refractivity contribution in [2.45, 2.75) is 30.7 Å². The molecule has 0 fully saturated rings. The second-order valence-corrected chi connectivity index (χ2v) is 10.2. The minimum absolute atomic E-state index is 0.0821. The fraction of sp³-hybridized carbons (Fsp3) is 0.240. The second kappa shape index (κ2) is 9.85. The Morgan fingerprint density at radius 1 is 1.09 bits per heavy atom. The van der Waals surface area contributed by atoms with Crippen LogP contribution in [0.3, 0.4) is 0 Å². The molecular weight excluding hydrogens is 460 g/mol. The number of ether oxygens (including phenoxy) is 1. The van der Waals surface area contributed by atoms with Crippen molar-refractivity contribution in [3.63, 3.8) is 0 Å². The molecule has 8 heteroatoms. The van der Waals surface area contributed by atoms with E-state index in [1.54, 1.807) is 0 Å². The molecule has 0 saturated carbocycles. The topological polar surface area (TPSA) is 75.7 Å². The third-order valence-corrected chi connectivity index (χ3v) is 7.70. The number of halogens is 1. The molecule has 0 aromatic heterocycles. The fourth-order valence-electron chi connectivity index (χ4n) is 3.89. The van der Waals surface area contributed by atoms with E-state index in [-0.39, 0.29) is 34.2 Å². The average Bonchev–Trinajstić information content (AvgIpc) is 2.83. The minimum Gasteiger partial charge on any atom is -0.482 e. The molecular formula is C25H25ClN2O4S. The van der Waals surface area contributed by atoms with Gasteiger partial charge in [-0.2, -0.15) is 0 Å². The van der Waals surface area contributed by atoms with Crippen molar-refractivity contribution in [2.24, 2.45) is 0 Å². The van der Waals surface area contributed by atoms with Crippen LogP contribution in [0.5, 0.6) is 5.75 Å². The van der Waals surface area contributed by atoms with E-state index in [0.717, 1.165) is 24.0 Å². The third-order valence-electron chi connectivity index (χ3n) is 5.59. The molecule has 6 nitrogen and oxygen atoms in total. The molecule has 0 saturated heterocycles. The summed E-state index contributed by atoms with van der Waals surface area (Å²) in [6.07, 6.45) is 1.60. The van der Waals surface area contributed by atoms with E-state index in [1.165, 1.54) is 22.5 Å². The molecule has 0 radical (unpaired) electrons. The lowest BCUT2D eigenvalue weighted by Gasteiger charge is -2.30. The van der Waals surface area contributed by atoms with Crippen LogP contribution in [-0.4, -0.2) is 27.5 Å². The number of fused-ring (bicyclic) bond motifs is 1. The zero-order chi connectivity index (χ0) is 23.4. The van der Waals surface area contributed by atoms with Crippen LogP contribution in [0.15, 0.2) is 77.7 Å². The molecule has 1 aliphatic rings. The van der Waals surface area contributed by atoms with Crippen molar-refractivity contribution in [3.8, 4) is 5.75 Å². The molecule has 1 aliphatic heterocycles. The van der Waals surface area contributed by atoms with Gasteiger partial charge >= 0.3 is 0 Å². The molecule has 3 aromatic carbocycles. The van der Waals surface area contributed by atoms with Crippen LogP contribution in [0.4, 0.5) is 5.69 Å². The van der Waals surface area contributed by atoms with Crippen molar-refractivity contribution < 1.29 is 17.9 Å². The summed E-state index contributed by atoms with van der Waals surface area (Å²) in [6, 6.07) is 21.3. The van der Waals surface area contributed by atoms with Crippen LogP contribution in [-0.2, 0) is 21.2 Å². The molecule has 1 atom stereocenters. The quantitative estimate of drug-likeness (QED) is 0.525. The summed E-state index contributed by atoms with van der Waals surface area (Å²) in [5.74, 6) is -0.0544. The Hall–Kier alpha value is -3.03. The van der Waals surface area contributed by atoms with Gasteiger partial charge in [0.25, 0.3) is 15.9 Å². The number of anilines is 1. The number of para-hydroxylation sites is 1. The van der Waals surface area contributed by atoms with E-state index in [0.29, 0.717) is 12.2 Å². The van der Waals surface area contributed by atoms with Crippen molar-refractivity contribution in [1.29, 1.82) is 0 Å². The molecule has 0 aliphatic carbocycles. The molecule has 172 valence electrons. The van der Waals surface area contributed by atoms with Gasteiger partial charge in [0.2, 0.25) is 0 Å². The van der Waals surface area contributed by atoms with Gasteiger partial charge < -0.3 is 10.1 Å². The standard InChI is InChI=1S/C25H25ClN2O4S/c1-18(19-8-3-2-4-9-19)27-25(29)17-32-24-14-13-21(16-22(24)26)33(30,31)28-15-7-11-20-10-5-6-12-23(20)28/h2-6,8-10,12-14,16,18H,7,11,15,17H2,1H3,(H,27,29)/t18-/m1/s1. The highest BCUT2D eigenvalue weighted by atomic mass is 35.5. The molecule has 0 bridgehead atoms. The van der Waals surface area contributed by atoms with Crippen LogP contribution in [0.25, 0.3) is 0 Å². The van der Waals surface area contributed by atoms with E-state index in [4.69, 9.17) is 16.3 Å². The van der Waals surface area contributed by atoms with Crippen molar-refractivity contribution in [3.05, 3.63) is 88.9 Å². The Morgan fingerprint density at radius 3 is 2.58 bits per heavy atom. The summed E-state index contributed by atoms with van der Waals surface area (Å²) in [5.41, 5.74) is 2.69. The smallest absolute Gasteiger partial charge is 0.264 e. The van der Waals surface area contributed by atoms with Gasteiger partial charge in [-0.3, -0.25) is 9.10 Å². The average molecular weight is 485 g/mol. The molecule has 33 heavy (non-hydrogen) atoms. The fourth-order valence-corrected chi connectivity index (χ4v) is 5.75. The SMILES string of the molecule is C[C@@H](NC(=O)COc1ccc(S(=O)(=O)N2CCCc3ccccc32)cc1Cl)c1ccccc1. The van der Waals surface area contributed by atoms with Crippen molar-refractivity contribution >= 4 is 33.2 Å². The largest absolute Gasteiger partial charge is 0.482 e. The van der Waals surface area contributed by atoms with Gasteiger partial charge in [-0.05, 0) is 55.2 Å². The number of carbonyl (C=O) groups excluding carboxylic acids is 1. The predicted octanol–water partition coefficient (Wildman–Crippen LogP) is 4.74. The molecule has 1 amide bonds. The van der Waals surface area contributed by atoms with Crippen molar-refractivity contribution in [2.75, 3.05) is 17.5 Å². The van der Waals surface area contributed by atoms with Crippen LogP contribution in [0.1, 0.15) is 30.5 Å². The number of benzene rings is 3. The Bertz CT molecular complexity index is 1250. The van der Waals surface area contributed by atoms with E-state index < -0.39 is 10.0 Å². The molecule has 3 aromatic rings. The van der Waals surface area contributed by atoms with Gasteiger partial charge in [-0.15, -0.1) is 0 Å². The van der Waals surface area contributed by atoms with E-state index >= 15 is 0 Å². The number of hydrogen-bond acceptors (Lipinski definition) is 4. The van der Waals surface area contributed by atoms with Gasteiger partial charge in [-0.25, -0.2) is 8.42 Å². The molecule has 1 heterocycles. The first-order valence-corrected chi connectivity index (χ1v) is 12.6. The van der Waals surface area contributed by atoms with Crippen LogP contribution < -0.4 is 14.4 Å². The normalized spacial score (nSPS) is 14.3. The van der Waals surface area contributed by atoms with Gasteiger partial charge in [0.15, 0.2) is 6.61 Å². The number of aryl methyl sites for hydroxylation is 1. The lowest BCUT2D eigenvalue weighted by Crippen LogP contribution is -2.35. The molecule has 1 N–H and O–H groups in total. The van der Waals surface area contributed by atoms with Crippen molar-refractivity contribution in [1.82, 2.24) is 5.32 Å². The Labute approximate surface area is 199 Å². The summed E-state index contributed by atoms with van der Waals surface area (Å²) >= 11 is 6.32. The lowest BCUT2D eigenvalue weighted by molar-refractivity contribution is -0.123. The van der Waals surface area contributed by atoms with Gasteiger partial charge in [0.05, 0.1) is 21.6 Å². The van der Waals surface area contributed by atoms with Crippen LogP contribution >= 0.6 is 11.6 Å². The van der Waals surface area contributed by atoms with E-state index in [9.17, 15) is 13.2 Å². The molecule has 4 rings (SSSR count). The Morgan fingerprint density at radius 2 is 1.82 bits per heavy atom. The monoisotopic (exact) mass is 484 g/mol. The summed E-state index contributed by atoms with van der Waals surface area (Å²) < 4.78 is 33.6. The number of nitrogens with one attached hydrogen (secondary N) is 1. The van der Waals surface area contributed by atoms with Gasteiger partial charge in [0, 0.05) is 6.54 Å². The maximum atomic E-state index is 13.3. The Balaban J connectivity index is 1.44. The van der Waals surface area contributed by atoms with Gasteiger partial charge in [-0.1, -0.05) is 60.1 Å². The predicted molar refractivity (Wildman–Crippen MR) is 129 cm³/mol. The maximum absolute atomic E-state index is 13.3. The maximum Gasteiger partial charge on any atom is 0.264 e. The second-order valence-electron chi connectivity index (χ2n) is 7.89. The number of carbonyl (C=O) groups is 1. The number of hydrogen-bond donors (Lipinski definition) is 1. The first-order valence-electron chi connectivity index (χ1n) is 10.7. The summed E-state index contributed by atoms with van der Waals surface area (Å²) in [4.78, 5) is 12.4. The highest BCUT2D eigenvalue weighted by Gasteiger charge is 2.29. The third kappa shape index (κ3) is 5.15. The van der Waals surface area contributed by atoms with E-state index in [1.807, 2.05) is 61.5 Å². The van der Waals surface area contributed by atoms with E-state index in [2.05, 4.69) is 5.32 Å². The highest BCUT2D eigenvalue weighted by molar-refractivity contribution is 7.92. The molecule has 0 spiro atoms. The summed E-state index contributed by atoms with van der Waals surface area (Å²) in [7, 11) is -3.78. The zero-order valence-corrected chi connectivity index (χ0v) is 19.8. The summed E-state index contributed by atoms with van der Waals surface area (Å²) in [6.45, 7) is 2.07. The first kappa shape index (κ1) is 23.1. The summed E-state index contributed by atoms with van der Waals surface area (Å²) in [5, 5.41) is 2.99. The highest BCUT2D eigenvalue weighted by Crippen LogP contribution is 2.34. The number of sulfonamides is 1. The number of rotatable bonds is 7. The van der Waals surface area contributed by atoms with Gasteiger partial charge in [0.1, 0.15) is 5.75 Å². The zero-order valence-electron chi connectivity index (χ0n) is 18.2. The number of nitrogens with zero attached hydrogens (tertiary/aromatic N) is 1. The van der Waals surface area contributed by atoms with Crippen LogP contribution in [0.2, 0.25) is 5.02 Å². The number of amides is 1.